The largest absolute Gasteiger partial charge is 0.360 e. The number of hydrogen-bond acceptors (Lipinski definition) is 6. The Morgan fingerprint density at radius 3 is 2.96 bits per heavy atom. The Morgan fingerprint density at radius 1 is 1.41 bits per heavy atom. The van der Waals surface area contributed by atoms with Crippen molar-refractivity contribution in [2.75, 3.05) is 11.4 Å². The molecule has 0 saturated carbocycles. The number of aryl methyl sites for hydroxylation is 1. The summed E-state index contributed by atoms with van der Waals surface area (Å²) in [6.07, 6.45) is 6.78. The fourth-order valence-corrected chi connectivity index (χ4v) is 4.28. The Balaban J connectivity index is 1.38. The van der Waals surface area contributed by atoms with Crippen LogP contribution in [0.2, 0.25) is 0 Å². The maximum Gasteiger partial charge on any atom is 0.235 e. The van der Waals surface area contributed by atoms with Gasteiger partial charge in [-0.25, -0.2) is 0 Å². The molecule has 5 heterocycles. The monoisotopic (exact) mass is 366 g/mol. The minimum absolute atomic E-state index is 0.154. The first-order valence-corrected chi connectivity index (χ1v) is 8.86. The molecule has 0 aliphatic carbocycles. The van der Waals surface area contributed by atoms with Crippen molar-refractivity contribution in [3.8, 4) is 0 Å². The summed E-state index contributed by atoms with van der Waals surface area (Å²) in [7, 11) is 0. The third-order valence-corrected chi connectivity index (χ3v) is 5.51. The quantitative estimate of drug-likeness (QED) is 0.810. The Hall–Kier alpha value is -3.00. The van der Waals surface area contributed by atoms with Gasteiger partial charge in [-0.05, 0) is 24.6 Å². The van der Waals surface area contributed by atoms with Crippen LogP contribution in [0.15, 0.2) is 47.3 Å². The Labute approximate surface area is 155 Å². The standard InChI is InChI=1S/C19H18N4O4/c1-11-8-14(22-27-11)23-10-19-5-2-13(26-19)15(16(19)18(23)25)17(24)21-9-12-3-6-20-7-4-12/h2-8,13,15-16H,9-10H2,1H3,(H,21,24)/t13-,15-,16-,19-/m1/s1. The zero-order valence-corrected chi connectivity index (χ0v) is 14.7. The first-order chi connectivity index (χ1) is 13.1. The van der Waals surface area contributed by atoms with Gasteiger partial charge in [0.15, 0.2) is 5.82 Å². The molecule has 3 aliphatic heterocycles. The fraction of sp³-hybridized carbons (Fsp3) is 0.368. The number of anilines is 1. The Bertz CT molecular complexity index is 940. The lowest BCUT2D eigenvalue weighted by Crippen LogP contribution is -2.44. The van der Waals surface area contributed by atoms with E-state index in [4.69, 9.17) is 9.26 Å². The molecule has 8 heteroatoms. The summed E-state index contributed by atoms with van der Waals surface area (Å²) in [4.78, 5) is 31.5. The van der Waals surface area contributed by atoms with E-state index in [1.807, 2.05) is 24.3 Å². The average Bonchev–Trinajstić information content (AvgIpc) is 3.42. The van der Waals surface area contributed by atoms with Crippen LogP contribution in [0.4, 0.5) is 5.82 Å². The zero-order chi connectivity index (χ0) is 18.6. The van der Waals surface area contributed by atoms with Crippen molar-refractivity contribution >= 4 is 17.6 Å². The number of nitrogens with zero attached hydrogens (tertiary/aromatic N) is 3. The third-order valence-electron chi connectivity index (χ3n) is 5.51. The molecule has 8 nitrogen and oxygen atoms in total. The third kappa shape index (κ3) is 2.40. The molecule has 138 valence electrons. The van der Waals surface area contributed by atoms with Crippen LogP contribution in [0, 0.1) is 18.8 Å². The number of amides is 2. The summed E-state index contributed by atoms with van der Waals surface area (Å²) in [5.41, 5.74) is 0.179. The topological polar surface area (TPSA) is 97.6 Å². The molecular formula is C19H18N4O4. The molecule has 0 aromatic carbocycles. The maximum absolute atomic E-state index is 13.1. The second kappa shape index (κ2) is 5.75. The Morgan fingerprint density at radius 2 is 2.22 bits per heavy atom. The number of fused-ring (bicyclic) bond motifs is 1. The van der Waals surface area contributed by atoms with E-state index in [-0.39, 0.29) is 17.9 Å². The van der Waals surface area contributed by atoms with Gasteiger partial charge in [0.2, 0.25) is 11.8 Å². The summed E-state index contributed by atoms with van der Waals surface area (Å²) in [6, 6.07) is 5.40. The van der Waals surface area contributed by atoms with Crippen molar-refractivity contribution in [3.63, 3.8) is 0 Å². The number of carbonyl (C=O) groups excluding carboxylic acids is 2. The van der Waals surface area contributed by atoms with Crippen molar-refractivity contribution < 1.29 is 18.8 Å². The zero-order valence-electron chi connectivity index (χ0n) is 14.7. The number of ether oxygens (including phenoxy) is 1. The van der Waals surface area contributed by atoms with Crippen molar-refractivity contribution in [3.05, 3.63) is 54.1 Å². The smallest absolute Gasteiger partial charge is 0.235 e. The van der Waals surface area contributed by atoms with Crippen molar-refractivity contribution in [2.45, 2.75) is 25.2 Å². The summed E-state index contributed by atoms with van der Waals surface area (Å²) in [5.74, 6) is -0.361. The van der Waals surface area contributed by atoms with Gasteiger partial charge in [-0.3, -0.25) is 19.5 Å². The van der Waals surface area contributed by atoms with E-state index in [1.165, 1.54) is 0 Å². The number of aromatic nitrogens is 2. The number of pyridine rings is 1. The molecule has 1 N–H and O–H groups in total. The number of hydrogen-bond donors (Lipinski definition) is 1. The second-order valence-electron chi connectivity index (χ2n) is 7.19. The summed E-state index contributed by atoms with van der Waals surface area (Å²) >= 11 is 0. The highest BCUT2D eigenvalue weighted by Gasteiger charge is 2.67. The van der Waals surface area contributed by atoms with E-state index in [1.54, 1.807) is 30.3 Å². The molecule has 3 aliphatic rings. The minimum atomic E-state index is -0.771. The van der Waals surface area contributed by atoms with Crippen molar-refractivity contribution in [1.82, 2.24) is 15.5 Å². The van der Waals surface area contributed by atoms with E-state index in [2.05, 4.69) is 15.5 Å². The summed E-state index contributed by atoms with van der Waals surface area (Å²) < 4.78 is 11.2. The predicted molar refractivity (Wildman–Crippen MR) is 93.4 cm³/mol. The van der Waals surface area contributed by atoms with E-state index in [9.17, 15) is 9.59 Å². The second-order valence-corrected chi connectivity index (χ2v) is 7.19. The molecule has 4 atom stereocenters. The van der Waals surface area contributed by atoms with Gasteiger partial charge in [0.25, 0.3) is 0 Å². The van der Waals surface area contributed by atoms with Crippen LogP contribution < -0.4 is 10.2 Å². The molecule has 27 heavy (non-hydrogen) atoms. The van der Waals surface area contributed by atoms with Gasteiger partial charge in [-0.1, -0.05) is 17.3 Å². The molecule has 0 unspecified atom stereocenters. The van der Waals surface area contributed by atoms with Gasteiger partial charge in [-0.15, -0.1) is 0 Å². The molecule has 1 spiro atoms. The molecule has 2 bridgehead atoms. The molecular weight excluding hydrogens is 348 g/mol. The minimum Gasteiger partial charge on any atom is -0.360 e. The van der Waals surface area contributed by atoms with Crippen LogP contribution in [0.3, 0.4) is 0 Å². The van der Waals surface area contributed by atoms with Crippen LogP contribution in [0.25, 0.3) is 0 Å². The van der Waals surface area contributed by atoms with Crippen LogP contribution in [-0.4, -0.2) is 40.2 Å². The van der Waals surface area contributed by atoms with Crippen LogP contribution in [0.5, 0.6) is 0 Å². The van der Waals surface area contributed by atoms with Gasteiger partial charge in [0.05, 0.1) is 24.5 Å². The van der Waals surface area contributed by atoms with E-state index >= 15 is 0 Å². The van der Waals surface area contributed by atoms with E-state index < -0.39 is 17.4 Å². The highest BCUT2D eigenvalue weighted by atomic mass is 16.5. The average molecular weight is 366 g/mol. The molecule has 2 fully saturated rings. The number of nitrogens with one attached hydrogen (secondary N) is 1. The van der Waals surface area contributed by atoms with Crippen LogP contribution in [0.1, 0.15) is 11.3 Å². The molecule has 5 rings (SSSR count). The van der Waals surface area contributed by atoms with Crippen molar-refractivity contribution in [1.29, 1.82) is 0 Å². The van der Waals surface area contributed by atoms with Gasteiger partial charge >= 0.3 is 0 Å². The molecule has 2 amide bonds. The highest BCUT2D eigenvalue weighted by Crippen LogP contribution is 2.52. The lowest BCUT2D eigenvalue weighted by Gasteiger charge is -2.23. The highest BCUT2D eigenvalue weighted by molar-refractivity contribution is 6.02. The molecule has 0 radical (unpaired) electrons. The fourth-order valence-electron chi connectivity index (χ4n) is 4.28. The van der Waals surface area contributed by atoms with Gasteiger partial charge in [0, 0.05) is 25.0 Å². The first kappa shape index (κ1) is 16.2. The number of carbonyl (C=O) groups is 2. The van der Waals surface area contributed by atoms with Crippen LogP contribution >= 0.6 is 0 Å². The Kier molecular flexibility index (Phi) is 3.45. The van der Waals surface area contributed by atoms with Gasteiger partial charge in [-0.2, -0.15) is 0 Å². The van der Waals surface area contributed by atoms with Gasteiger partial charge < -0.3 is 14.6 Å². The predicted octanol–water partition coefficient (Wildman–Crippen LogP) is 0.981. The molecule has 2 aromatic rings. The van der Waals surface area contributed by atoms with E-state index in [0.29, 0.717) is 24.7 Å². The summed E-state index contributed by atoms with van der Waals surface area (Å²) in [5, 5.41) is 6.87. The lowest BCUT2D eigenvalue weighted by atomic mass is 9.77. The molecule has 2 saturated heterocycles. The normalized spacial score (nSPS) is 30.8. The van der Waals surface area contributed by atoms with Crippen molar-refractivity contribution in [2.24, 2.45) is 11.8 Å². The number of rotatable bonds is 4. The molecule has 2 aromatic heterocycles. The van der Waals surface area contributed by atoms with Gasteiger partial charge in [0.1, 0.15) is 11.4 Å². The van der Waals surface area contributed by atoms with Crippen LogP contribution in [-0.2, 0) is 20.9 Å². The maximum atomic E-state index is 13.1. The SMILES string of the molecule is Cc1cc(N2C[C@@]34C=C[C@@H](O3)[C@@H](C(=O)NCc3ccncc3)[C@@H]4C2=O)no1. The summed E-state index contributed by atoms with van der Waals surface area (Å²) in [6.45, 7) is 2.49. The first-order valence-electron chi connectivity index (χ1n) is 8.86. The van der Waals surface area contributed by atoms with E-state index in [0.717, 1.165) is 5.56 Å². The lowest BCUT2D eigenvalue weighted by molar-refractivity contribution is -0.132.